The van der Waals surface area contributed by atoms with Gasteiger partial charge in [-0.1, -0.05) is 185 Å². The second-order valence-corrected chi connectivity index (χ2v) is 36.4. The summed E-state index contributed by atoms with van der Waals surface area (Å²) < 4.78 is 94.7. The first kappa shape index (κ1) is 89.4. The van der Waals surface area contributed by atoms with Crippen molar-refractivity contribution in [1.29, 1.82) is 0 Å². The number of fused-ring (bicyclic) bond motifs is 5. The Morgan fingerprint density at radius 2 is 0.844 bits per heavy atom. The summed E-state index contributed by atoms with van der Waals surface area (Å²) in [7, 11) is 0. The van der Waals surface area contributed by atoms with E-state index in [1.807, 2.05) is 74.4 Å². The number of hydrogen-bond acceptors (Lipinski definition) is 22. The maximum Gasteiger partial charge on any atom is 0.338 e. The number of rotatable bonds is 29. The third kappa shape index (κ3) is 19.5. The number of carbonyl (C=O) groups excluding carboxylic acids is 8. The zero-order chi connectivity index (χ0) is 86.3. The standard InChI is InChI=1S/C100H122O22/c1-13-78-58(4)59(5)85(118-92(106)68-39-27-18-28-40-68)97(114-78)122-86-63(9)82(121-98-88(120-94(108)70-43-31-20-32-44-70)83(60(6)64(10)111-98)116-90(104)66-35-23-16-24-36-66)80(56-109-89(103)65-33-21-15-22-34-65)115-96(86)112-72-49-51-99(11)71(53-72)46-47-73-74(99)50-52-100(12)75(73)54-77(102)81(100)61(7)76(101)48-45-57(3)55-110-95-87(119-93(107)69-41-29-19-30-42-69)84(62(8)79(14-2)113-95)117-91(105)67-37-25-17-26-38-67/h15-44,57-64,71-75,78-88,95-98H,13-14,45-56H2,1-12H3/t57-,58+,59-,60-,61+,62-,63-,64?,71?,72?,73?,74?,75?,78?,79?,80?,81?,82+,83+,84-,85?,86?,87?,88?,95+,96+,97-,98-,99?,100?/m0/s1. The Bertz CT molecular complexity index is 4520. The van der Waals surface area contributed by atoms with Crippen molar-refractivity contribution < 1.29 is 105 Å². The molecule has 4 saturated carbocycles. The number of hydrogen-bond donors (Lipinski definition) is 0. The van der Waals surface area contributed by atoms with Gasteiger partial charge in [-0.3, -0.25) is 9.59 Å². The Labute approximate surface area is 717 Å². The molecule has 0 spiro atoms. The minimum absolute atomic E-state index is 0.0399. The summed E-state index contributed by atoms with van der Waals surface area (Å²) in [5.41, 5.74) is 1.34. The molecule has 30 atom stereocenters. The fraction of sp³-hybridized carbons (Fsp3) is 0.560. The molecule has 22 heteroatoms. The first-order valence-electron chi connectivity index (χ1n) is 44.5. The van der Waals surface area contributed by atoms with Crippen LogP contribution in [0, 0.1) is 81.8 Å². The summed E-state index contributed by atoms with van der Waals surface area (Å²) in [4.78, 5) is 114. The maximum absolute atomic E-state index is 14.9. The van der Waals surface area contributed by atoms with E-state index in [2.05, 4.69) is 20.8 Å². The van der Waals surface area contributed by atoms with Crippen molar-refractivity contribution in [3.05, 3.63) is 215 Å². The van der Waals surface area contributed by atoms with Crippen molar-refractivity contribution >= 4 is 47.4 Å². The zero-order valence-electron chi connectivity index (χ0n) is 72.4. The minimum atomic E-state index is -1.44. The summed E-state index contributed by atoms with van der Waals surface area (Å²) in [6.07, 6.45) is -7.40. The molecule has 4 aliphatic heterocycles. The molecule has 4 aliphatic carbocycles. The van der Waals surface area contributed by atoms with Crippen LogP contribution in [0.5, 0.6) is 0 Å². The molecule has 8 fully saturated rings. The summed E-state index contributed by atoms with van der Waals surface area (Å²) in [5.74, 6) is -5.76. The van der Waals surface area contributed by atoms with Gasteiger partial charge in [-0.15, -0.1) is 0 Å². The maximum atomic E-state index is 14.9. The number of esters is 6. The third-order valence-electron chi connectivity index (χ3n) is 29.0. The second-order valence-electron chi connectivity index (χ2n) is 36.4. The molecule has 14 rings (SSSR count). The third-order valence-corrected chi connectivity index (χ3v) is 29.0. The van der Waals surface area contributed by atoms with Crippen molar-refractivity contribution in [1.82, 2.24) is 0 Å². The van der Waals surface area contributed by atoms with E-state index in [0.29, 0.717) is 66.7 Å². The van der Waals surface area contributed by atoms with E-state index >= 15 is 0 Å². The molecule has 6 aromatic rings. The van der Waals surface area contributed by atoms with Crippen molar-refractivity contribution in [2.75, 3.05) is 13.2 Å². The molecular weight excluding hydrogens is 1550 g/mol. The quantitative estimate of drug-likeness (QED) is 0.0240. The van der Waals surface area contributed by atoms with E-state index in [0.717, 1.165) is 32.1 Å². The van der Waals surface area contributed by atoms with Gasteiger partial charge in [0.15, 0.2) is 43.5 Å². The highest BCUT2D eigenvalue weighted by Gasteiger charge is 2.65. The Morgan fingerprint density at radius 3 is 1.36 bits per heavy atom. The van der Waals surface area contributed by atoms with Gasteiger partial charge in [-0.05, 0) is 190 Å². The van der Waals surface area contributed by atoms with Crippen LogP contribution in [-0.2, 0) is 75.9 Å². The van der Waals surface area contributed by atoms with Crippen LogP contribution in [0.2, 0.25) is 0 Å². The molecule has 4 heterocycles. The van der Waals surface area contributed by atoms with Crippen LogP contribution in [0.3, 0.4) is 0 Å². The van der Waals surface area contributed by atoms with Gasteiger partial charge in [0.25, 0.3) is 0 Å². The molecule has 654 valence electrons. The fourth-order valence-electron chi connectivity index (χ4n) is 21.5. The van der Waals surface area contributed by atoms with E-state index in [4.69, 9.17) is 66.3 Å². The van der Waals surface area contributed by atoms with Crippen LogP contribution in [0.1, 0.15) is 222 Å². The smallest absolute Gasteiger partial charge is 0.338 e. The van der Waals surface area contributed by atoms with Gasteiger partial charge in [0, 0.05) is 48.3 Å². The Balaban J connectivity index is 0.692. The van der Waals surface area contributed by atoms with Crippen molar-refractivity contribution in [3.63, 3.8) is 0 Å². The molecule has 0 bridgehead atoms. The average Bonchev–Trinajstić information content (AvgIpc) is 1.49. The van der Waals surface area contributed by atoms with Crippen LogP contribution in [-0.4, -0.2) is 159 Å². The summed E-state index contributed by atoms with van der Waals surface area (Å²) in [6.45, 7) is 24.2. The Kier molecular flexibility index (Phi) is 29.0. The Morgan fingerprint density at radius 1 is 0.418 bits per heavy atom. The highest BCUT2D eigenvalue weighted by molar-refractivity contribution is 5.94. The largest absolute Gasteiger partial charge is 0.459 e. The number of carbonyl (C=O) groups is 8. The molecule has 22 nitrogen and oxygen atoms in total. The number of ether oxygens (including phenoxy) is 14. The molecule has 0 amide bonds. The summed E-state index contributed by atoms with van der Waals surface area (Å²) >= 11 is 0. The van der Waals surface area contributed by atoms with Crippen molar-refractivity contribution in [2.24, 2.45) is 81.8 Å². The molecule has 0 N–H and O–H groups in total. The Hall–Kier alpha value is -8.84. The number of Topliss-reactive ketones (excluding diaryl/α,β-unsaturated/α-hetero) is 2. The van der Waals surface area contributed by atoms with Gasteiger partial charge < -0.3 is 66.3 Å². The summed E-state index contributed by atoms with van der Waals surface area (Å²) in [5, 5.41) is 0. The molecule has 4 saturated heterocycles. The van der Waals surface area contributed by atoms with Gasteiger partial charge >= 0.3 is 35.8 Å². The normalized spacial score (nSPS) is 35.4. The van der Waals surface area contributed by atoms with E-state index in [-0.39, 0.29) is 107 Å². The zero-order valence-corrected chi connectivity index (χ0v) is 72.4. The SMILES string of the molecule is CCC1O[C@@H](OC2[C@H](OC3CCC4(C)C(CCC5C4CCC4(C)C5CC(=O)C4[C@H](C)C(=O)CC[C@H](C)CO[C@@H]4OC(CC)[C@H](C)[C@H](OC(=O)c5ccccc5)C4OC(=O)c4ccccc4)C3)OC(COC(=O)c3ccccc3)[C@H](O[C@@H]3OC(C)[C@H](C)[C@@H](OC(=O)c4ccccc4)C3OC(=O)c3ccccc3)[C@@H]2C)C(OC(=O)c2ccccc2)[C@@H](C)[C@H]1C. The van der Waals surface area contributed by atoms with Crippen LogP contribution >= 0.6 is 0 Å². The highest BCUT2D eigenvalue weighted by Crippen LogP contribution is 2.68. The van der Waals surface area contributed by atoms with Gasteiger partial charge in [0.05, 0.1) is 70.5 Å². The van der Waals surface area contributed by atoms with Crippen LogP contribution in [0.25, 0.3) is 0 Å². The predicted molar refractivity (Wildman–Crippen MR) is 450 cm³/mol. The average molecular weight is 1680 g/mol. The fourth-order valence-corrected chi connectivity index (χ4v) is 21.5. The molecule has 0 radical (unpaired) electrons. The van der Waals surface area contributed by atoms with Crippen molar-refractivity contribution in [2.45, 2.75) is 259 Å². The van der Waals surface area contributed by atoms with E-state index < -0.39 is 146 Å². The topological polar surface area (TPSA) is 266 Å². The molecule has 8 aliphatic rings. The van der Waals surface area contributed by atoms with Crippen LogP contribution in [0.15, 0.2) is 182 Å². The minimum Gasteiger partial charge on any atom is -0.459 e. The van der Waals surface area contributed by atoms with Gasteiger partial charge in [-0.25, -0.2) is 28.8 Å². The predicted octanol–water partition coefficient (Wildman–Crippen LogP) is 17.5. The molecule has 0 aromatic heterocycles. The molecule has 6 aromatic carbocycles. The first-order valence-corrected chi connectivity index (χ1v) is 44.5. The second kappa shape index (κ2) is 39.6. The van der Waals surface area contributed by atoms with Crippen molar-refractivity contribution in [3.8, 4) is 0 Å². The van der Waals surface area contributed by atoms with Gasteiger partial charge in [0.1, 0.15) is 42.6 Å². The lowest BCUT2D eigenvalue weighted by molar-refractivity contribution is -0.377. The number of benzene rings is 6. The van der Waals surface area contributed by atoms with E-state index in [1.165, 1.54) is 0 Å². The molecular formula is C100H122O22. The van der Waals surface area contributed by atoms with Crippen LogP contribution < -0.4 is 0 Å². The first-order chi connectivity index (χ1) is 58.7. The van der Waals surface area contributed by atoms with E-state index in [1.54, 1.807) is 170 Å². The lowest BCUT2D eigenvalue weighted by Crippen LogP contribution is -2.64. The van der Waals surface area contributed by atoms with Gasteiger partial charge in [0.2, 0.25) is 0 Å². The lowest BCUT2D eigenvalue weighted by atomic mass is 9.44. The van der Waals surface area contributed by atoms with Crippen LogP contribution in [0.4, 0.5) is 0 Å². The molecule has 122 heavy (non-hydrogen) atoms. The number of ketones is 2. The van der Waals surface area contributed by atoms with Gasteiger partial charge in [-0.2, -0.15) is 0 Å². The van der Waals surface area contributed by atoms with E-state index in [9.17, 15) is 38.4 Å². The lowest BCUT2D eigenvalue weighted by Gasteiger charge is -2.61. The monoisotopic (exact) mass is 1670 g/mol. The summed E-state index contributed by atoms with van der Waals surface area (Å²) in [6, 6.07) is 51.7. The molecule has 16 unspecified atom stereocenters. The highest BCUT2D eigenvalue weighted by atomic mass is 16.8.